The highest BCUT2D eigenvalue weighted by Crippen LogP contribution is 2.54. The van der Waals surface area contributed by atoms with E-state index in [1.807, 2.05) is 12.3 Å². The number of thioether (sulfide) groups is 1. The molecule has 3 amide bonds. The number of nitrogens with one attached hydrogen (secondary N) is 2. The van der Waals surface area contributed by atoms with Gasteiger partial charge in [-0.2, -0.15) is 11.8 Å². The summed E-state index contributed by atoms with van der Waals surface area (Å²) in [4.78, 5) is 41.7. The fourth-order valence-electron chi connectivity index (χ4n) is 5.52. The number of halogens is 1. The Morgan fingerprint density at radius 3 is 2.87 bits per heavy atom. The van der Waals surface area contributed by atoms with Crippen molar-refractivity contribution in [3.05, 3.63) is 28.8 Å². The number of amides is 3. The number of carbonyl (C=O) groups excluding carboxylic acids is 3. The van der Waals surface area contributed by atoms with Crippen LogP contribution in [0.25, 0.3) is 0 Å². The summed E-state index contributed by atoms with van der Waals surface area (Å²) in [6, 6.07) is 5.05. The molecule has 9 heteroatoms. The summed E-state index contributed by atoms with van der Waals surface area (Å²) in [6.45, 7) is 0.921. The summed E-state index contributed by atoms with van der Waals surface area (Å²) in [6.07, 6.45) is 4.35. The molecule has 1 aromatic rings. The van der Waals surface area contributed by atoms with E-state index in [9.17, 15) is 14.4 Å². The number of anilines is 1. The lowest BCUT2D eigenvalue weighted by atomic mass is 9.76. The zero-order valence-corrected chi connectivity index (χ0v) is 18.2. The molecule has 2 N–H and O–H groups in total. The van der Waals surface area contributed by atoms with E-state index >= 15 is 0 Å². The third-order valence-corrected chi connectivity index (χ3v) is 7.79. The molecule has 3 fully saturated rings. The van der Waals surface area contributed by atoms with Crippen molar-refractivity contribution in [1.82, 2.24) is 10.2 Å². The molecule has 4 aliphatic rings. The van der Waals surface area contributed by atoms with E-state index in [0.29, 0.717) is 29.3 Å². The smallest absolute Gasteiger partial charge is 0.250 e. The van der Waals surface area contributed by atoms with E-state index in [1.54, 1.807) is 23.9 Å². The molecule has 0 bridgehead atoms. The van der Waals surface area contributed by atoms with Gasteiger partial charge in [-0.25, -0.2) is 0 Å². The highest BCUT2D eigenvalue weighted by Gasteiger charge is 2.70. The van der Waals surface area contributed by atoms with Crippen LogP contribution in [0.3, 0.4) is 0 Å². The first-order chi connectivity index (χ1) is 14.5. The monoisotopic (exact) mass is 449 g/mol. The number of nitrogens with zero attached hydrogens (tertiary/aromatic N) is 1. The van der Waals surface area contributed by atoms with Crippen LogP contribution in [0.2, 0.25) is 5.02 Å². The number of likely N-dealkylation sites (tertiary alicyclic amines) is 1. The minimum absolute atomic E-state index is 0.121. The summed E-state index contributed by atoms with van der Waals surface area (Å²) < 4.78 is 5.67. The number of hydrogen-bond donors (Lipinski definition) is 2. The normalized spacial score (nSPS) is 34.7. The molecule has 0 unspecified atom stereocenters. The van der Waals surface area contributed by atoms with Crippen molar-refractivity contribution in [2.24, 2.45) is 11.8 Å². The molecule has 0 radical (unpaired) electrons. The number of fused-ring (bicyclic) bond motifs is 4. The van der Waals surface area contributed by atoms with Gasteiger partial charge in [-0.1, -0.05) is 23.7 Å². The van der Waals surface area contributed by atoms with E-state index < -0.39 is 17.4 Å². The van der Waals surface area contributed by atoms with E-state index in [2.05, 4.69) is 10.6 Å². The third kappa shape index (κ3) is 2.77. The van der Waals surface area contributed by atoms with Crippen molar-refractivity contribution in [3.63, 3.8) is 0 Å². The molecule has 7 nitrogen and oxygen atoms in total. The first kappa shape index (κ1) is 20.3. The second kappa shape index (κ2) is 7.51. The summed E-state index contributed by atoms with van der Waals surface area (Å²) in [5, 5.41) is 6.72. The number of benzene rings is 1. The van der Waals surface area contributed by atoms with Gasteiger partial charge in [-0.05, 0) is 37.3 Å². The molecule has 30 heavy (non-hydrogen) atoms. The Labute approximate surface area is 184 Å². The van der Waals surface area contributed by atoms with Crippen LogP contribution in [0.15, 0.2) is 18.2 Å². The standard InChI is InChI=1S/C21H24ClN3O4S/c1-30-9-7-14-15-16(19(27)25(18(15)26)10-11-4-3-8-29-11)21(24-14)12-5-2-6-13(22)17(12)23-20(21)28/h2,5-6,11,14-16,24H,3-4,7-10H2,1H3,(H,23,28)/t11-,14-,15-,16+,21+/m0/s1. The second-order valence-electron chi connectivity index (χ2n) is 8.38. The van der Waals surface area contributed by atoms with Gasteiger partial charge in [-0.3, -0.25) is 24.6 Å². The zero-order valence-electron chi connectivity index (χ0n) is 16.7. The molecule has 5 atom stereocenters. The Hall–Kier alpha value is -1.61. The first-order valence-corrected chi connectivity index (χ1v) is 12.1. The van der Waals surface area contributed by atoms with Crippen molar-refractivity contribution in [3.8, 4) is 0 Å². The molecule has 160 valence electrons. The van der Waals surface area contributed by atoms with E-state index in [-0.39, 0.29) is 36.4 Å². The fourth-order valence-corrected chi connectivity index (χ4v) is 6.23. The molecule has 5 rings (SSSR count). The number of ether oxygens (including phenoxy) is 1. The average Bonchev–Trinajstić information content (AvgIpc) is 3.47. The predicted octanol–water partition coefficient (Wildman–Crippen LogP) is 1.99. The van der Waals surface area contributed by atoms with Gasteiger partial charge in [-0.15, -0.1) is 0 Å². The number of para-hydroxylation sites is 1. The number of rotatable bonds is 5. The number of imide groups is 1. The van der Waals surface area contributed by atoms with Crippen LogP contribution in [0.4, 0.5) is 5.69 Å². The highest BCUT2D eigenvalue weighted by molar-refractivity contribution is 7.98. The van der Waals surface area contributed by atoms with Crippen LogP contribution in [0, 0.1) is 11.8 Å². The summed E-state index contributed by atoms with van der Waals surface area (Å²) >= 11 is 8.02. The summed E-state index contributed by atoms with van der Waals surface area (Å²) in [5.74, 6) is -1.32. The first-order valence-electron chi connectivity index (χ1n) is 10.3. The minimum atomic E-state index is -1.27. The Morgan fingerprint density at radius 2 is 2.13 bits per heavy atom. The Bertz CT molecular complexity index is 922. The van der Waals surface area contributed by atoms with Gasteiger partial charge in [0.1, 0.15) is 5.54 Å². The number of carbonyl (C=O) groups is 3. The molecule has 1 spiro atoms. The number of hydrogen-bond acceptors (Lipinski definition) is 6. The van der Waals surface area contributed by atoms with Crippen molar-refractivity contribution in [2.45, 2.75) is 36.9 Å². The van der Waals surface area contributed by atoms with Crippen LogP contribution in [-0.2, 0) is 24.7 Å². The largest absolute Gasteiger partial charge is 0.376 e. The van der Waals surface area contributed by atoms with E-state index in [4.69, 9.17) is 16.3 Å². The fraction of sp³-hybridized carbons (Fsp3) is 0.571. The molecule has 4 aliphatic heterocycles. The maximum absolute atomic E-state index is 13.6. The van der Waals surface area contributed by atoms with Crippen molar-refractivity contribution in [1.29, 1.82) is 0 Å². The van der Waals surface area contributed by atoms with Gasteiger partial charge in [0.15, 0.2) is 0 Å². The van der Waals surface area contributed by atoms with Crippen LogP contribution >= 0.6 is 23.4 Å². The molecule has 3 saturated heterocycles. The minimum Gasteiger partial charge on any atom is -0.376 e. The highest BCUT2D eigenvalue weighted by atomic mass is 35.5. The molecule has 0 aromatic heterocycles. The van der Waals surface area contributed by atoms with Crippen LogP contribution in [0.5, 0.6) is 0 Å². The maximum Gasteiger partial charge on any atom is 0.250 e. The summed E-state index contributed by atoms with van der Waals surface area (Å²) in [5.41, 5.74) is -0.0908. The Kier molecular flexibility index (Phi) is 5.08. The Morgan fingerprint density at radius 1 is 1.30 bits per heavy atom. The third-order valence-electron chi connectivity index (χ3n) is 6.83. The lowest BCUT2D eigenvalue weighted by Crippen LogP contribution is -2.53. The molecule has 0 aliphatic carbocycles. The molecule has 4 heterocycles. The lowest BCUT2D eigenvalue weighted by Gasteiger charge is -2.30. The van der Waals surface area contributed by atoms with Gasteiger partial charge in [0, 0.05) is 18.2 Å². The van der Waals surface area contributed by atoms with Crippen LogP contribution in [-0.4, -0.2) is 59.9 Å². The van der Waals surface area contributed by atoms with Crippen molar-refractivity contribution >= 4 is 46.8 Å². The molecular weight excluding hydrogens is 426 g/mol. The van der Waals surface area contributed by atoms with Crippen molar-refractivity contribution < 1.29 is 19.1 Å². The maximum atomic E-state index is 13.6. The molecule has 0 saturated carbocycles. The van der Waals surface area contributed by atoms with E-state index in [0.717, 1.165) is 18.6 Å². The molecular formula is C21H24ClN3O4S. The van der Waals surface area contributed by atoms with E-state index in [1.165, 1.54) is 4.90 Å². The van der Waals surface area contributed by atoms with Crippen LogP contribution in [0.1, 0.15) is 24.8 Å². The second-order valence-corrected chi connectivity index (χ2v) is 9.78. The van der Waals surface area contributed by atoms with Gasteiger partial charge >= 0.3 is 0 Å². The van der Waals surface area contributed by atoms with Crippen LogP contribution < -0.4 is 10.6 Å². The Balaban J connectivity index is 1.57. The van der Waals surface area contributed by atoms with Gasteiger partial charge in [0.2, 0.25) is 17.7 Å². The predicted molar refractivity (Wildman–Crippen MR) is 114 cm³/mol. The average molecular weight is 450 g/mol. The zero-order chi connectivity index (χ0) is 21.0. The quantitative estimate of drug-likeness (QED) is 0.668. The lowest BCUT2D eigenvalue weighted by molar-refractivity contribution is -0.144. The topological polar surface area (TPSA) is 87.7 Å². The summed E-state index contributed by atoms with van der Waals surface area (Å²) in [7, 11) is 0. The van der Waals surface area contributed by atoms with Crippen molar-refractivity contribution in [2.75, 3.05) is 30.5 Å². The SMILES string of the molecule is CSCC[C@@H]1N[C@@]2(C(=O)Nc3c(Cl)cccc32)[C@H]2C(=O)N(C[C@@H]3CCCO3)C(=O)[C@@H]12. The van der Waals surface area contributed by atoms with Gasteiger partial charge < -0.3 is 10.1 Å². The molecule has 1 aromatic carbocycles. The van der Waals surface area contributed by atoms with Gasteiger partial charge in [0.25, 0.3) is 0 Å². The van der Waals surface area contributed by atoms with Gasteiger partial charge in [0.05, 0.1) is 35.2 Å².